The summed E-state index contributed by atoms with van der Waals surface area (Å²) in [6.45, 7) is 0.548. The number of nitrogens with zero attached hydrogens (tertiary/aromatic N) is 4. The number of nitriles is 3. The maximum atomic E-state index is 9.26. The Balaban J connectivity index is 2.14. The monoisotopic (exact) mass is 308 g/mol. The lowest BCUT2D eigenvalue weighted by Gasteiger charge is -2.07. The molecule has 112 valence electrons. The van der Waals surface area contributed by atoms with E-state index in [0.717, 1.165) is 22.0 Å². The highest BCUT2D eigenvalue weighted by atomic mass is 15.0. The topological polar surface area (TPSA) is 76.3 Å². The summed E-state index contributed by atoms with van der Waals surface area (Å²) in [4.78, 5) is 0. The molecule has 0 bridgehead atoms. The van der Waals surface area contributed by atoms with Crippen molar-refractivity contribution in [2.75, 3.05) is 0 Å². The molecule has 1 aromatic heterocycles. The van der Waals surface area contributed by atoms with E-state index in [1.165, 1.54) is 0 Å². The van der Waals surface area contributed by atoms with E-state index in [1.807, 2.05) is 65.4 Å². The largest absolute Gasteiger partial charge is 0.342 e. The van der Waals surface area contributed by atoms with Crippen LogP contribution >= 0.6 is 0 Å². The summed E-state index contributed by atoms with van der Waals surface area (Å²) in [5.41, 5.74) is 3.44. The molecule has 0 aliphatic rings. The highest BCUT2D eigenvalue weighted by molar-refractivity contribution is 5.90. The van der Waals surface area contributed by atoms with Gasteiger partial charge in [-0.25, -0.2) is 0 Å². The molecule has 4 heteroatoms. The molecule has 0 fully saturated rings. The number of para-hydroxylation sites is 1. The maximum absolute atomic E-state index is 9.26. The average Bonchev–Trinajstić information content (AvgIpc) is 2.98. The van der Waals surface area contributed by atoms with Gasteiger partial charge in [-0.05, 0) is 23.8 Å². The van der Waals surface area contributed by atoms with Gasteiger partial charge in [0.2, 0.25) is 0 Å². The van der Waals surface area contributed by atoms with E-state index in [0.29, 0.717) is 12.1 Å². The third kappa shape index (κ3) is 2.75. The standard InChI is InChI=1S/C20H12N4/c21-10-15(11-22)9-18-14-24(20-8-4-3-7-19(18)20)13-17-6-2-1-5-16(17)12-23/h1-9,14H,13H2. The molecule has 4 nitrogen and oxygen atoms in total. The van der Waals surface area contributed by atoms with Crippen LogP contribution in [-0.2, 0) is 6.54 Å². The third-order valence-corrected chi connectivity index (χ3v) is 3.84. The number of hydrogen-bond donors (Lipinski definition) is 0. The molecule has 0 aliphatic heterocycles. The van der Waals surface area contributed by atoms with Crippen molar-refractivity contribution in [1.82, 2.24) is 4.57 Å². The summed E-state index contributed by atoms with van der Waals surface area (Å²) in [5.74, 6) is 0. The lowest BCUT2D eigenvalue weighted by atomic mass is 10.1. The van der Waals surface area contributed by atoms with E-state index in [-0.39, 0.29) is 5.57 Å². The summed E-state index contributed by atoms with van der Waals surface area (Å²) in [5, 5.41) is 28.2. The number of benzene rings is 2. The Morgan fingerprint density at radius 3 is 2.42 bits per heavy atom. The van der Waals surface area contributed by atoms with E-state index in [1.54, 1.807) is 12.1 Å². The summed E-state index contributed by atoms with van der Waals surface area (Å²) in [6.07, 6.45) is 3.50. The van der Waals surface area contributed by atoms with Gasteiger partial charge in [-0.1, -0.05) is 36.4 Å². The second-order valence-corrected chi connectivity index (χ2v) is 5.28. The second kappa shape index (κ2) is 6.53. The maximum Gasteiger partial charge on any atom is 0.130 e. The van der Waals surface area contributed by atoms with Crippen LogP contribution in [0.25, 0.3) is 17.0 Å². The summed E-state index contributed by atoms with van der Waals surface area (Å²) in [6, 6.07) is 21.3. The quantitative estimate of drug-likeness (QED) is 0.686. The molecule has 0 radical (unpaired) electrons. The van der Waals surface area contributed by atoms with Crippen molar-refractivity contribution in [3.63, 3.8) is 0 Å². The lowest BCUT2D eigenvalue weighted by Crippen LogP contribution is -2.00. The van der Waals surface area contributed by atoms with Crippen LogP contribution in [0.15, 0.2) is 60.3 Å². The first-order chi connectivity index (χ1) is 11.8. The van der Waals surface area contributed by atoms with Crippen LogP contribution in [-0.4, -0.2) is 4.57 Å². The van der Waals surface area contributed by atoms with Gasteiger partial charge in [0.15, 0.2) is 0 Å². The molecule has 0 amide bonds. The minimum absolute atomic E-state index is 0.0651. The van der Waals surface area contributed by atoms with E-state index in [9.17, 15) is 5.26 Å². The molecule has 0 saturated heterocycles. The Kier molecular flexibility index (Phi) is 4.11. The lowest BCUT2D eigenvalue weighted by molar-refractivity contribution is 0.833. The summed E-state index contributed by atoms with van der Waals surface area (Å²) < 4.78 is 2.03. The molecule has 3 aromatic rings. The smallest absolute Gasteiger partial charge is 0.130 e. The van der Waals surface area contributed by atoms with Gasteiger partial charge in [-0.3, -0.25) is 0 Å². The minimum Gasteiger partial charge on any atom is -0.342 e. The normalized spacial score (nSPS) is 9.71. The number of hydrogen-bond acceptors (Lipinski definition) is 3. The molecular formula is C20H12N4. The van der Waals surface area contributed by atoms with Crippen LogP contribution in [0, 0.1) is 34.0 Å². The fourth-order valence-electron chi connectivity index (χ4n) is 2.72. The number of fused-ring (bicyclic) bond motifs is 1. The van der Waals surface area contributed by atoms with Gasteiger partial charge in [0, 0.05) is 29.2 Å². The fraction of sp³-hybridized carbons (Fsp3) is 0.0500. The van der Waals surface area contributed by atoms with Gasteiger partial charge >= 0.3 is 0 Å². The van der Waals surface area contributed by atoms with Crippen LogP contribution in [0.3, 0.4) is 0 Å². The van der Waals surface area contributed by atoms with Crippen LogP contribution in [0.5, 0.6) is 0 Å². The molecule has 3 rings (SSSR count). The number of allylic oxidation sites excluding steroid dienone is 1. The molecule has 0 saturated carbocycles. The van der Waals surface area contributed by atoms with Crippen LogP contribution in [0.2, 0.25) is 0 Å². The van der Waals surface area contributed by atoms with E-state index >= 15 is 0 Å². The SMILES string of the molecule is N#CC(C#N)=Cc1cn(Cc2ccccc2C#N)c2ccccc12. The third-order valence-electron chi connectivity index (χ3n) is 3.84. The van der Waals surface area contributed by atoms with Crippen LogP contribution < -0.4 is 0 Å². The molecular weight excluding hydrogens is 296 g/mol. The molecule has 0 unspecified atom stereocenters. The highest BCUT2D eigenvalue weighted by Crippen LogP contribution is 2.25. The molecule has 0 spiro atoms. The second-order valence-electron chi connectivity index (χ2n) is 5.28. The zero-order valence-electron chi connectivity index (χ0n) is 12.8. The van der Waals surface area contributed by atoms with Crippen LogP contribution in [0.1, 0.15) is 16.7 Å². The van der Waals surface area contributed by atoms with Crippen molar-refractivity contribution in [3.8, 4) is 18.2 Å². The Morgan fingerprint density at radius 2 is 1.67 bits per heavy atom. The predicted octanol–water partition coefficient (Wildman–Crippen LogP) is 3.99. The highest BCUT2D eigenvalue weighted by Gasteiger charge is 2.09. The zero-order chi connectivity index (χ0) is 16.9. The molecule has 2 aromatic carbocycles. The first-order valence-electron chi connectivity index (χ1n) is 7.34. The number of rotatable bonds is 3. The van der Waals surface area contributed by atoms with Gasteiger partial charge in [0.25, 0.3) is 0 Å². The zero-order valence-corrected chi connectivity index (χ0v) is 12.8. The van der Waals surface area contributed by atoms with Gasteiger partial charge in [0.1, 0.15) is 17.7 Å². The van der Waals surface area contributed by atoms with E-state index in [4.69, 9.17) is 10.5 Å². The predicted molar refractivity (Wildman–Crippen MR) is 91.4 cm³/mol. The van der Waals surface area contributed by atoms with E-state index in [2.05, 4.69) is 6.07 Å². The molecule has 0 atom stereocenters. The van der Waals surface area contributed by atoms with Gasteiger partial charge < -0.3 is 4.57 Å². The first kappa shape index (κ1) is 15.1. The first-order valence-corrected chi connectivity index (χ1v) is 7.34. The van der Waals surface area contributed by atoms with Crippen molar-refractivity contribution in [2.45, 2.75) is 6.54 Å². The molecule has 0 N–H and O–H groups in total. The van der Waals surface area contributed by atoms with Crippen molar-refractivity contribution in [2.24, 2.45) is 0 Å². The average molecular weight is 308 g/mol. The number of aromatic nitrogens is 1. The van der Waals surface area contributed by atoms with Crippen molar-refractivity contribution in [3.05, 3.63) is 77.0 Å². The van der Waals surface area contributed by atoms with Gasteiger partial charge in [-0.15, -0.1) is 0 Å². The minimum atomic E-state index is 0.0651. The molecule has 24 heavy (non-hydrogen) atoms. The summed E-state index contributed by atoms with van der Waals surface area (Å²) >= 11 is 0. The Morgan fingerprint density at radius 1 is 0.958 bits per heavy atom. The van der Waals surface area contributed by atoms with E-state index < -0.39 is 0 Å². The van der Waals surface area contributed by atoms with Crippen molar-refractivity contribution in [1.29, 1.82) is 15.8 Å². The van der Waals surface area contributed by atoms with Crippen molar-refractivity contribution >= 4 is 17.0 Å². The fourth-order valence-corrected chi connectivity index (χ4v) is 2.72. The van der Waals surface area contributed by atoms with Crippen molar-refractivity contribution < 1.29 is 0 Å². The van der Waals surface area contributed by atoms with Crippen LogP contribution in [0.4, 0.5) is 0 Å². The van der Waals surface area contributed by atoms with Gasteiger partial charge in [-0.2, -0.15) is 15.8 Å². The Bertz CT molecular complexity index is 1050. The molecule has 0 aliphatic carbocycles. The Hall–Kier alpha value is -3.81. The molecule has 1 heterocycles. The van der Waals surface area contributed by atoms with Gasteiger partial charge in [0.05, 0.1) is 11.6 Å². The summed E-state index contributed by atoms with van der Waals surface area (Å²) in [7, 11) is 0. The Labute approximate surface area is 139 Å².